The number of halogens is 2. The summed E-state index contributed by atoms with van der Waals surface area (Å²) in [7, 11) is -2.26. The van der Waals surface area contributed by atoms with Crippen LogP contribution >= 0.6 is 23.2 Å². The topological polar surface area (TPSA) is 79.4 Å². The van der Waals surface area contributed by atoms with E-state index in [1.807, 2.05) is 0 Å². The smallest absolute Gasteiger partial charge is 0.242 e. The molecule has 9 heteroatoms. The van der Waals surface area contributed by atoms with Crippen LogP contribution in [0.15, 0.2) is 17.2 Å². The number of carbonyl (C=O) groups excluding carboxylic acids is 1. The Morgan fingerprint density at radius 2 is 2.11 bits per heavy atom. The highest BCUT2D eigenvalue weighted by Gasteiger charge is 2.18. The van der Waals surface area contributed by atoms with E-state index >= 15 is 0 Å². The van der Waals surface area contributed by atoms with Gasteiger partial charge in [-0.05, 0) is 13.0 Å². The molecule has 0 saturated heterocycles. The lowest BCUT2D eigenvalue weighted by atomic mass is 10.5. The number of carbonyl (C=O) groups is 1. The highest BCUT2D eigenvalue weighted by atomic mass is 35.5. The summed E-state index contributed by atoms with van der Waals surface area (Å²) in [5, 5.41) is 0.0453. The van der Waals surface area contributed by atoms with Gasteiger partial charge in [0.15, 0.2) is 0 Å². The van der Waals surface area contributed by atoms with E-state index in [1.165, 1.54) is 11.0 Å². The maximum atomic E-state index is 11.9. The summed E-state index contributed by atoms with van der Waals surface area (Å²) in [5.41, 5.74) is 0. The minimum absolute atomic E-state index is 0.0161. The quantitative estimate of drug-likeness (QED) is 0.823. The normalized spacial score (nSPS) is 11.4. The molecular weight excluding hydrogens is 313 g/mol. The Morgan fingerprint density at radius 1 is 1.47 bits per heavy atom. The Hall–Kier alpha value is -0.890. The van der Waals surface area contributed by atoms with E-state index in [-0.39, 0.29) is 27.5 Å². The van der Waals surface area contributed by atoms with Crippen LogP contribution in [0.25, 0.3) is 0 Å². The molecule has 1 amide bonds. The van der Waals surface area contributed by atoms with Gasteiger partial charge in [0.2, 0.25) is 15.9 Å². The van der Waals surface area contributed by atoms with Crippen LogP contribution in [-0.2, 0) is 14.8 Å². The van der Waals surface area contributed by atoms with Crippen molar-refractivity contribution >= 4 is 39.1 Å². The SMILES string of the molecule is CCN(C)C(=O)CNS(=O)(=O)c1cnc(Cl)c(Cl)c1. The molecular formula is C10H13Cl2N3O3S. The molecule has 19 heavy (non-hydrogen) atoms. The van der Waals surface area contributed by atoms with Crippen molar-refractivity contribution in [1.29, 1.82) is 0 Å². The molecule has 0 bridgehead atoms. The first kappa shape index (κ1) is 16.2. The molecule has 0 aromatic carbocycles. The van der Waals surface area contributed by atoms with Crippen molar-refractivity contribution in [3.63, 3.8) is 0 Å². The lowest BCUT2D eigenvalue weighted by Gasteiger charge is -2.14. The molecule has 0 aliphatic heterocycles. The van der Waals surface area contributed by atoms with Gasteiger partial charge < -0.3 is 4.90 Å². The summed E-state index contributed by atoms with van der Waals surface area (Å²) in [6.07, 6.45) is 1.07. The van der Waals surface area contributed by atoms with Crippen molar-refractivity contribution in [1.82, 2.24) is 14.6 Å². The Kier molecular flexibility index (Phi) is 5.54. The number of aromatic nitrogens is 1. The zero-order valence-electron chi connectivity index (χ0n) is 10.4. The van der Waals surface area contributed by atoms with Gasteiger partial charge >= 0.3 is 0 Å². The van der Waals surface area contributed by atoms with E-state index in [0.717, 1.165) is 6.20 Å². The van der Waals surface area contributed by atoms with Crippen LogP contribution in [0.3, 0.4) is 0 Å². The number of pyridine rings is 1. The number of rotatable bonds is 5. The largest absolute Gasteiger partial charge is 0.345 e. The fraction of sp³-hybridized carbons (Fsp3) is 0.400. The van der Waals surface area contributed by atoms with Gasteiger partial charge in [0.05, 0.1) is 11.6 Å². The zero-order chi connectivity index (χ0) is 14.6. The lowest BCUT2D eigenvalue weighted by Crippen LogP contribution is -2.38. The van der Waals surface area contributed by atoms with Gasteiger partial charge in [-0.15, -0.1) is 0 Å². The summed E-state index contributed by atoms with van der Waals surface area (Å²) in [6.45, 7) is 1.96. The molecule has 1 rings (SSSR count). The van der Waals surface area contributed by atoms with Crippen molar-refractivity contribution in [2.45, 2.75) is 11.8 Å². The molecule has 0 unspecified atom stereocenters. The van der Waals surface area contributed by atoms with Crippen molar-refractivity contribution in [2.24, 2.45) is 0 Å². The molecule has 0 radical (unpaired) electrons. The van der Waals surface area contributed by atoms with Crippen molar-refractivity contribution in [2.75, 3.05) is 20.1 Å². The van der Waals surface area contributed by atoms with E-state index in [4.69, 9.17) is 23.2 Å². The van der Waals surface area contributed by atoms with Crippen LogP contribution in [-0.4, -0.2) is 44.3 Å². The first-order valence-corrected chi connectivity index (χ1v) is 7.56. The van der Waals surface area contributed by atoms with Crippen LogP contribution in [0.4, 0.5) is 0 Å². The third kappa shape index (κ3) is 4.31. The van der Waals surface area contributed by atoms with Gasteiger partial charge in [0.1, 0.15) is 10.0 Å². The molecule has 1 heterocycles. The lowest BCUT2D eigenvalue weighted by molar-refractivity contribution is -0.128. The highest BCUT2D eigenvalue weighted by Crippen LogP contribution is 2.21. The Labute approximate surface area is 121 Å². The third-order valence-corrected chi connectivity index (χ3v) is 4.45. The fourth-order valence-electron chi connectivity index (χ4n) is 1.10. The van der Waals surface area contributed by atoms with Crippen molar-refractivity contribution in [3.8, 4) is 0 Å². The van der Waals surface area contributed by atoms with E-state index in [9.17, 15) is 13.2 Å². The third-order valence-electron chi connectivity index (χ3n) is 2.40. The number of likely N-dealkylation sites (N-methyl/N-ethyl adjacent to an activating group) is 1. The molecule has 1 N–H and O–H groups in total. The number of amides is 1. The van der Waals surface area contributed by atoms with Gasteiger partial charge in [0.25, 0.3) is 0 Å². The number of nitrogens with one attached hydrogen (secondary N) is 1. The Morgan fingerprint density at radius 3 is 2.63 bits per heavy atom. The molecule has 0 saturated carbocycles. The van der Waals surface area contributed by atoms with Gasteiger partial charge in [-0.1, -0.05) is 23.2 Å². The van der Waals surface area contributed by atoms with Gasteiger partial charge in [-0.3, -0.25) is 4.79 Å². The number of nitrogens with zero attached hydrogens (tertiary/aromatic N) is 2. The van der Waals surface area contributed by atoms with Crippen LogP contribution in [0.5, 0.6) is 0 Å². The zero-order valence-corrected chi connectivity index (χ0v) is 12.7. The van der Waals surface area contributed by atoms with Gasteiger partial charge in [-0.25, -0.2) is 18.1 Å². The maximum Gasteiger partial charge on any atom is 0.242 e. The van der Waals surface area contributed by atoms with E-state index in [0.29, 0.717) is 6.54 Å². The van der Waals surface area contributed by atoms with Gasteiger partial charge in [-0.2, -0.15) is 0 Å². The summed E-state index contributed by atoms with van der Waals surface area (Å²) in [6, 6.07) is 1.17. The van der Waals surface area contributed by atoms with Crippen LogP contribution < -0.4 is 4.72 Å². The molecule has 0 aliphatic carbocycles. The predicted molar refractivity (Wildman–Crippen MR) is 72.8 cm³/mol. The van der Waals surface area contributed by atoms with Gasteiger partial charge in [0, 0.05) is 19.8 Å². The molecule has 0 spiro atoms. The summed E-state index contributed by atoms with van der Waals surface area (Å²) >= 11 is 11.3. The second kappa shape index (κ2) is 6.51. The molecule has 0 aliphatic rings. The predicted octanol–water partition coefficient (Wildman–Crippen LogP) is 1.15. The summed E-state index contributed by atoms with van der Waals surface area (Å²) < 4.78 is 26.0. The Bertz CT molecular complexity index is 577. The second-order valence-electron chi connectivity index (χ2n) is 3.68. The molecule has 1 aromatic heterocycles. The average molecular weight is 326 g/mol. The molecule has 0 atom stereocenters. The van der Waals surface area contributed by atoms with E-state index in [2.05, 4.69) is 9.71 Å². The maximum absolute atomic E-state index is 11.9. The molecule has 0 fully saturated rings. The first-order valence-electron chi connectivity index (χ1n) is 5.32. The summed E-state index contributed by atoms with van der Waals surface area (Å²) in [4.78, 5) is 16.4. The monoisotopic (exact) mass is 325 g/mol. The van der Waals surface area contributed by atoms with E-state index < -0.39 is 10.0 Å². The second-order valence-corrected chi connectivity index (χ2v) is 6.21. The minimum Gasteiger partial charge on any atom is -0.345 e. The van der Waals surface area contributed by atoms with Crippen LogP contribution in [0, 0.1) is 0 Å². The first-order chi connectivity index (χ1) is 8.77. The minimum atomic E-state index is -3.84. The average Bonchev–Trinajstić information content (AvgIpc) is 2.38. The highest BCUT2D eigenvalue weighted by molar-refractivity contribution is 7.89. The molecule has 6 nitrogen and oxygen atoms in total. The van der Waals surface area contributed by atoms with Crippen molar-refractivity contribution < 1.29 is 13.2 Å². The van der Waals surface area contributed by atoms with Crippen molar-refractivity contribution in [3.05, 3.63) is 22.4 Å². The summed E-state index contributed by atoms with van der Waals surface area (Å²) in [5.74, 6) is -0.334. The van der Waals surface area contributed by atoms with Crippen LogP contribution in [0.1, 0.15) is 6.92 Å². The van der Waals surface area contributed by atoms with Crippen LogP contribution in [0.2, 0.25) is 10.2 Å². The fourth-order valence-corrected chi connectivity index (χ4v) is 2.38. The van der Waals surface area contributed by atoms with E-state index in [1.54, 1.807) is 14.0 Å². The standard InChI is InChI=1S/C10H13Cl2N3O3S/c1-3-15(2)9(16)6-14-19(17,18)7-4-8(11)10(12)13-5-7/h4-5,14H,3,6H2,1-2H3. The number of hydrogen-bond acceptors (Lipinski definition) is 4. The molecule has 106 valence electrons. The number of sulfonamides is 1. The Balaban J connectivity index is 2.82. The number of hydrogen-bond donors (Lipinski definition) is 1. The molecule has 1 aromatic rings.